The molecule has 1 fully saturated rings. The second-order valence-corrected chi connectivity index (χ2v) is 14.6. The number of likely N-dealkylation sites (tertiary alicyclic amines) is 1. The monoisotopic (exact) mass is 755 g/mol. The summed E-state index contributed by atoms with van der Waals surface area (Å²) >= 11 is 0. The van der Waals surface area contributed by atoms with Gasteiger partial charge in [-0.15, -0.1) is 0 Å². The Kier molecular flexibility index (Phi) is 14.1. The molecule has 10 nitrogen and oxygen atoms in total. The lowest BCUT2D eigenvalue weighted by Crippen LogP contribution is -2.48. The van der Waals surface area contributed by atoms with E-state index in [1.54, 1.807) is 32.8 Å². The van der Waals surface area contributed by atoms with E-state index in [4.69, 9.17) is 23.7 Å². The summed E-state index contributed by atoms with van der Waals surface area (Å²) < 4.78 is 68.8. The summed E-state index contributed by atoms with van der Waals surface area (Å²) in [5, 5.41) is 5.40. The van der Waals surface area contributed by atoms with Gasteiger partial charge >= 0.3 is 18.2 Å². The zero-order valence-electron chi connectivity index (χ0n) is 31.5. The van der Waals surface area contributed by atoms with Crippen LogP contribution in [0.15, 0.2) is 66.7 Å². The summed E-state index contributed by atoms with van der Waals surface area (Å²) in [7, 11) is 1.64. The van der Waals surface area contributed by atoms with Crippen molar-refractivity contribution in [1.29, 1.82) is 0 Å². The van der Waals surface area contributed by atoms with Crippen LogP contribution in [0.1, 0.15) is 80.7 Å². The first kappa shape index (κ1) is 40.7. The van der Waals surface area contributed by atoms with Crippen molar-refractivity contribution in [1.82, 2.24) is 10.2 Å². The number of amides is 2. The number of methoxy groups -OCH3 is 1. The quantitative estimate of drug-likeness (QED) is 0.151. The number of hydrogen-bond donors (Lipinski definition) is 2. The predicted octanol–water partition coefficient (Wildman–Crippen LogP) is 7.96. The third kappa shape index (κ3) is 11.8. The van der Waals surface area contributed by atoms with Crippen molar-refractivity contribution in [2.75, 3.05) is 51.8 Å². The number of anilines is 1. The molecule has 5 rings (SSSR count). The number of ether oxygens (including phenoxy) is 5. The van der Waals surface area contributed by atoms with E-state index < -0.39 is 36.0 Å². The molecule has 2 aliphatic heterocycles. The van der Waals surface area contributed by atoms with Crippen LogP contribution in [0.4, 0.5) is 23.7 Å². The Labute approximate surface area is 315 Å². The van der Waals surface area contributed by atoms with Gasteiger partial charge in [-0.3, -0.25) is 4.79 Å². The summed E-state index contributed by atoms with van der Waals surface area (Å²) in [5.41, 5.74) is 4.15. The summed E-state index contributed by atoms with van der Waals surface area (Å²) in [4.78, 5) is 26.5. The van der Waals surface area contributed by atoms with Gasteiger partial charge < -0.3 is 39.2 Å². The van der Waals surface area contributed by atoms with Crippen molar-refractivity contribution in [2.45, 2.75) is 89.4 Å². The number of piperidine rings is 1. The van der Waals surface area contributed by atoms with Crippen LogP contribution in [-0.4, -0.2) is 81.3 Å². The number of carbonyl (C=O) groups is 2. The number of aryl methyl sites for hydroxylation is 1. The van der Waals surface area contributed by atoms with E-state index in [0.717, 1.165) is 53.1 Å². The summed E-state index contributed by atoms with van der Waals surface area (Å²) in [6.07, 6.45) is -3.39. The Morgan fingerprint density at radius 1 is 1.02 bits per heavy atom. The van der Waals surface area contributed by atoms with Crippen LogP contribution < -0.4 is 20.1 Å². The molecule has 54 heavy (non-hydrogen) atoms. The molecular formula is C41H52F3N3O7. The Hall–Kier alpha value is -4.49. The molecule has 0 aromatic heterocycles. The highest BCUT2D eigenvalue weighted by molar-refractivity contribution is 5.81. The molecular weight excluding hydrogens is 703 g/mol. The van der Waals surface area contributed by atoms with Gasteiger partial charge in [-0.05, 0) is 87.4 Å². The fraction of sp³-hybridized carbons (Fsp3) is 0.512. The van der Waals surface area contributed by atoms with Crippen molar-refractivity contribution in [3.8, 4) is 11.5 Å². The van der Waals surface area contributed by atoms with E-state index in [9.17, 15) is 22.8 Å². The second-order valence-electron chi connectivity index (χ2n) is 14.6. The van der Waals surface area contributed by atoms with Gasteiger partial charge in [0.15, 0.2) is 0 Å². The van der Waals surface area contributed by atoms with E-state index in [1.807, 2.05) is 72.0 Å². The molecule has 2 N–H and O–H groups in total. The molecule has 2 heterocycles. The Bertz CT molecular complexity index is 1680. The lowest BCUT2D eigenvalue weighted by molar-refractivity contribution is -0.173. The van der Waals surface area contributed by atoms with Gasteiger partial charge in [0.2, 0.25) is 0 Å². The molecule has 0 radical (unpaired) electrons. The number of nitrogens with zero attached hydrogens (tertiary/aromatic N) is 1. The molecule has 1 saturated heterocycles. The van der Waals surface area contributed by atoms with Crippen molar-refractivity contribution in [2.24, 2.45) is 0 Å². The highest BCUT2D eigenvalue weighted by atomic mass is 19.4. The molecule has 0 spiro atoms. The topological polar surface area (TPSA) is 108 Å². The fourth-order valence-electron chi connectivity index (χ4n) is 6.71. The number of halogens is 3. The highest BCUT2D eigenvalue weighted by Crippen LogP contribution is 2.37. The van der Waals surface area contributed by atoms with Crippen LogP contribution in [0.25, 0.3) is 0 Å². The lowest BCUT2D eigenvalue weighted by atomic mass is 9.86. The number of alkyl halides is 3. The predicted molar refractivity (Wildman–Crippen MR) is 199 cm³/mol. The Balaban J connectivity index is 1.28. The molecule has 2 aliphatic rings. The van der Waals surface area contributed by atoms with Gasteiger partial charge in [-0.1, -0.05) is 42.5 Å². The molecule has 294 valence electrons. The maximum Gasteiger partial charge on any atom is 0.471 e. The standard InChI is InChI=1S/C41H52F3N3O7/c1-40(2,3)54-39(49)47-22-19-33(28-14-16-32(17-15-28)52-24-8-23-51-27-31-9-5-6-11-35(31)50-4)37(26-47)53-36(18-21-46-38(48)41(42,43)44)30-13-12-29-10-7-20-45-34(29)25-30/h5-6,9,11-17,25,33,36-37,45H,7-8,10,18-24,26-27H2,1-4H3,(H,46,48)/t33-,36?,37+/m1/s1. The van der Waals surface area contributed by atoms with Gasteiger partial charge in [-0.25, -0.2) is 4.79 Å². The lowest BCUT2D eigenvalue weighted by Gasteiger charge is -2.40. The minimum atomic E-state index is -4.99. The normalized spacial score (nSPS) is 17.9. The summed E-state index contributed by atoms with van der Waals surface area (Å²) in [5.74, 6) is -0.656. The van der Waals surface area contributed by atoms with Crippen molar-refractivity contribution in [3.63, 3.8) is 0 Å². The van der Waals surface area contributed by atoms with Crippen LogP contribution in [-0.2, 0) is 32.0 Å². The number of benzene rings is 3. The van der Waals surface area contributed by atoms with Gasteiger partial charge in [0.25, 0.3) is 0 Å². The summed E-state index contributed by atoms with van der Waals surface area (Å²) in [6, 6.07) is 21.4. The SMILES string of the molecule is COc1ccccc1COCCCOc1ccc([C@H]2CCN(C(=O)OC(C)(C)C)C[C@@H]2OC(CCNC(=O)C(F)(F)F)c2ccc3c(c2)NCCC3)cc1. The Morgan fingerprint density at radius 3 is 2.54 bits per heavy atom. The van der Waals surface area contributed by atoms with E-state index in [-0.39, 0.29) is 25.4 Å². The minimum Gasteiger partial charge on any atom is -0.496 e. The van der Waals surface area contributed by atoms with Crippen LogP contribution >= 0.6 is 0 Å². The van der Waals surface area contributed by atoms with Crippen molar-refractivity contribution >= 4 is 17.7 Å². The zero-order chi connectivity index (χ0) is 38.7. The van der Waals surface area contributed by atoms with E-state index in [1.165, 1.54) is 0 Å². The van der Waals surface area contributed by atoms with Gasteiger partial charge in [-0.2, -0.15) is 13.2 Å². The average Bonchev–Trinajstić information content (AvgIpc) is 3.15. The molecule has 0 bridgehead atoms. The molecule has 13 heteroatoms. The van der Waals surface area contributed by atoms with Gasteiger partial charge in [0.05, 0.1) is 45.7 Å². The Morgan fingerprint density at radius 2 is 1.80 bits per heavy atom. The molecule has 0 saturated carbocycles. The van der Waals surface area contributed by atoms with Gasteiger partial charge in [0, 0.05) is 43.2 Å². The first-order chi connectivity index (χ1) is 25.8. The third-order valence-corrected chi connectivity index (χ3v) is 9.40. The second kappa shape index (κ2) is 18.7. The molecule has 2 amide bonds. The fourth-order valence-corrected chi connectivity index (χ4v) is 6.71. The zero-order valence-corrected chi connectivity index (χ0v) is 31.5. The number of hydrogen-bond acceptors (Lipinski definition) is 8. The first-order valence-corrected chi connectivity index (χ1v) is 18.6. The number of nitrogens with one attached hydrogen (secondary N) is 2. The van der Waals surface area contributed by atoms with Crippen LogP contribution in [0.3, 0.4) is 0 Å². The van der Waals surface area contributed by atoms with Gasteiger partial charge in [0.1, 0.15) is 17.1 Å². The van der Waals surface area contributed by atoms with E-state index in [2.05, 4.69) is 5.32 Å². The van der Waals surface area contributed by atoms with E-state index in [0.29, 0.717) is 45.0 Å². The number of para-hydroxylation sites is 1. The first-order valence-electron chi connectivity index (χ1n) is 18.6. The maximum atomic E-state index is 13.2. The van der Waals surface area contributed by atoms with Crippen LogP contribution in [0.5, 0.6) is 11.5 Å². The van der Waals surface area contributed by atoms with Crippen molar-refractivity contribution in [3.05, 3.63) is 89.0 Å². The van der Waals surface area contributed by atoms with Crippen LogP contribution in [0.2, 0.25) is 0 Å². The van der Waals surface area contributed by atoms with Crippen LogP contribution in [0, 0.1) is 0 Å². The molecule has 3 aromatic carbocycles. The third-order valence-electron chi connectivity index (χ3n) is 9.40. The minimum absolute atomic E-state index is 0.0889. The number of rotatable bonds is 15. The molecule has 1 unspecified atom stereocenters. The highest BCUT2D eigenvalue weighted by Gasteiger charge is 2.39. The molecule has 3 atom stereocenters. The molecule has 0 aliphatic carbocycles. The maximum absolute atomic E-state index is 13.2. The van der Waals surface area contributed by atoms with E-state index >= 15 is 0 Å². The van der Waals surface area contributed by atoms with Crippen molar-refractivity contribution < 1.29 is 46.4 Å². The number of carbonyl (C=O) groups excluding carboxylic acids is 2. The largest absolute Gasteiger partial charge is 0.496 e. The number of fused-ring (bicyclic) bond motifs is 1. The molecule has 3 aromatic rings. The summed E-state index contributed by atoms with van der Waals surface area (Å²) in [6.45, 7) is 8.05. The average molecular weight is 756 g/mol. The smallest absolute Gasteiger partial charge is 0.471 e.